The monoisotopic (exact) mass is 630 g/mol. The molecule has 1 aliphatic carbocycles. The van der Waals surface area contributed by atoms with Gasteiger partial charge in [0.25, 0.3) is 11.8 Å². The van der Waals surface area contributed by atoms with Gasteiger partial charge in [-0.2, -0.15) is 0 Å². The standard InChI is InChI=1S/C29H27BrF2N3O4P/c1-17-24(21-13-19(30)7-8-22(21)33-25(17)18-5-3-2-4-6-18)26(36)34-28-9-11-40(12-10-28,27(37)38)16-23(28)35-39-20-14-29(31,32)15-20/h2-8,13,20H,9-12,14-16H2,1H3,(H-,34,36,37,38)/p+1/b35-23+. The predicted octanol–water partition coefficient (Wildman–Crippen LogP) is 7.11. The number of aromatic nitrogens is 1. The van der Waals surface area contributed by atoms with Gasteiger partial charge >= 0.3 is 5.71 Å². The van der Waals surface area contributed by atoms with Gasteiger partial charge in [-0.3, -0.25) is 4.79 Å². The first-order valence-electron chi connectivity index (χ1n) is 13.2. The van der Waals surface area contributed by atoms with Crippen LogP contribution in [-0.2, 0) is 4.84 Å². The van der Waals surface area contributed by atoms with Crippen molar-refractivity contribution in [3.63, 3.8) is 0 Å². The number of nitrogens with one attached hydrogen (secondary N) is 1. The molecule has 7 rings (SSSR count). The number of fused-ring (bicyclic) bond motifs is 4. The van der Waals surface area contributed by atoms with Crippen molar-refractivity contribution < 1.29 is 28.3 Å². The van der Waals surface area contributed by atoms with Gasteiger partial charge in [0.15, 0.2) is 0 Å². The smallest absolute Gasteiger partial charge is 0.448 e. The summed E-state index contributed by atoms with van der Waals surface area (Å²) in [4.78, 5) is 36.9. The average molecular weight is 631 g/mol. The normalized spacial score (nSPS) is 26.4. The maximum absolute atomic E-state index is 14.2. The van der Waals surface area contributed by atoms with Crippen molar-refractivity contribution in [1.82, 2.24) is 10.3 Å². The van der Waals surface area contributed by atoms with Crippen molar-refractivity contribution in [2.45, 2.75) is 50.2 Å². The number of amides is 1. The Balaban J connectivity index is 1.39. The Hall–Kier alpha value is -2.97. The average Bonchev–Trinajstić information content (AvgIpc) is 2.91. The molecule has 1 amide bonds. The summed E-state index contributed by atoms with van der Waals surface area (Å²) in [6, 6.07) is 15.3. The second kappa shape index (κ2) is 9.84. The fraction of sp³-hybridized carbons (Fsp3) is 0.379. The highest BCUT2D eigenvalue weighted by Crippen LogP contribution is 2.68. The van der Waals surface area contributed by atoms with Crippen LogP contribution in [-0.4, -0.2) is 63.5 Å². The molecular formula is C29H28BrF2N3O4P+. The molecule has 11 heteroatoms. The van der Waals surface area contributed by atoms with E-state index in [1.165, 1.54) is 0 Å². The Morgan fingerprint density at radius 3 is 2.50 bits per heavy atom. The number of nitrogens with zero attached hydrogens (tertiary/aromatic N) is 2. The highest BCUT2D eigenvalue weighted by molar-refractivity contribution is 9.10. The second-order valence-corrected chi connectivity index (χ2v) is 15.9. The molecule has 4 fully saturated rings. The number of carbonyl (C=O) groups excluding carboxylic acids is 1. The van der Waals surface area contributed by atoms with Gasteiger partial charge in [-0.15, -0.1) is 0 Å². The Morgan fingerprint density at radius 1 is 1.15 bits per heavy atom. The van der Waals surface area contributed by atoms with E-state index in [0.717, 1.165) is 15.6 Å². The zero-order chi connectivity index (χ0) is 28.3. The maximum atomic E-state index is 14.2. The van der Waals surface area contributed by atoms with E-state index >= 15 is 0 Å². The number of alkyl halides is 2. The number of oxime groups is 1. The molecule has 2 bridgehead atoms. The minimum Gasteiger partial charge on any atom is -0.452 e. The lowest BCUT2D eigenvalue weighted by Crippen LogP contribution is -2.63. The molecule has 1 aromatic heterocycles. The molecule has 0 radical (unpaired) electrons. The van der Waals surface area contributed by atoms with Gasteiger partial charge in [0.2, 0.25) is 0 Å². The molecule has 208 valence electrons. The van der Waals surface area contributed by atoms with Crippen molar-refractivity contribution in [2.75, 3.05) is 18.5 Å². The fourth-order valence-electron chi connectivity index (χ4n) is 6.10. The molecule has 3 saturated heterocycles. The van der Waals surface area contributed by atoms with Crippen molar-refractivity contribution in [2.24, 2.45) is 5.16 Å². The molecule has 7 nitrogen and oxygen atoms in total. The first-order valence-corrected chi connectivity index (χ1v) is 16.3. The molecule has 40 heavy (non-hydrogen) atoms. The van der Waals surface area contributed by atoms with Crippen LogP contribution in [0.4, 0.5) is 13.6 Å². The Morgan fingerprint density at radius 2 is 1.85 bits per heavy atom. The van der Waals surface area contributed by atoms with Gasteiger partial charge in [-0.25, -0.2) is 18.6 Å². The Kier molecular flexibility index (Phi) is 6.69. The van der Waals surface area contributed by atoms with Gasteiger partial charge in [0.05, 0.1) is 47.5 Å². The number of hydrogen-bond acceptors (Lipinski definition) is 5. The Labute approximate surface area is 238 Å². The van der Waals surface area contributed by atoms with E-state index in [-0.39, 0.29) is 12.1 Å². The van der Waals surface area contributed by atoms with Crippen LogP contribution < -0.4 is 5.32 Å². The predicted molar refractivity (Wildman–Crippen MR) is 155 cm³/mol. The number of halogens is 3. The first-order chi connectivity index (χ1) is 19.0. The van der Waals surface area contributed by atoms with E-state index < -0.39 is 43.4 Å². The van der Waals surface area contributed by atoms with Crippen LogP contribution in [0.1, 0.15) is 41.6 Å². The number of carboxylic acid groups (broad SMARTS) is 1. The zero-order valence-corrected chi connectivity index (χ0v) is 24.3. The highest BCUT2D eigenvalue weighted by atomic mass is 79.9. The van der Waals surface area contributed by atoms with Gasteiger partial charge in [-0.05, 0) is 30.7 Å². The summed E-state index contributed by atoms with van der Waals surface area (Å²) in [6.07, 6.45) is 0.469. The van der Waals surface area contributed by atoms with Crippen molar-refractivity contribution in [3.05, 3.63) is 64.1 Å². The third-order valence-electron chi connectivity index (χ3n) is 8.53. The third-order valence-corrected chi connectivity index (χ3v) is 12.9. The summed E-state index contributed by atoms with van der Waals surface area (Å²) in [5.74, 6) is -3.08. The Bertz CT molecular complexity index is 1550. The summed E-state index contributed by atoms with van der Waals surface area (Å²) in [5.41, 5.74) is 2.20. The van der Waals surface area contributed by atoms with Crippen molar-refractivity contribution in [3.8, 4) is 11.3 Å². The van der Waals surface area contributed by atoms with Gasteiger partial charge in [0, 0.05) is 28.3 Å². The molecule has 3 aromatic rings. The molecule has 0 unspecified atom stereocenters. The third kappa shape index (κ3) is 4.69. The molecular weight excluding hydrogens is 603 g/mol. The fourth-order valence-corrected chi connectivity index (χ4v) is 10.1. The molecule has 2 N–H and O–H groups in total. The van der Waals surface area contributed by atoms with Crippen LogP contribution in [0.25, 0.3) is 22.2 Å². The van der Waals surface area contributed by atoms with E-state index in [0.29, 0.717) is 53.0 Å². The van der Waals surface area contributed by atoms with E-state index in [1.807, 2.05) is 55.5 Å². The summed E-state index contributed by atoms with van der Waals surface area (Å²) in [6.45, 7) is 1.87. The van der Waals surface area contributed by atoms with Crippen LogP contribution in [0.5, 0.6) is 0 Å². The lowest BCUT2D eigenvalue weighted by atomic mass is 9.85. The minimum absolute atomic E-state index is 0.211. The summed E-state index contributed by atoms with van der Waals surface area (Å²) >= 11 is 3.52. The lowest BCUT2D eigenvalue weighted by Gasteiger charge is -2.47. The van der Waals surface area contributed by atoms with Crippen LogP contribution in [0, 0.1) is 6.92 Å². The molecule has 3 aliphatic heterocycles. The van der Waals surface area contributed by atoms with Crippen LogP contribution >= 0.6 is 23.2 Å². The van der Waals surface area contributed by atoms with E-state index in [9.17, 15) is 23.5 Å². The minimum atomic E-state index is -2.76. The van der Waals surface area contributed by atoms with E-state index in [4.69, 9.17) is 9.82 Å². The summed E-state index contributed by atoms with van der Waals surface area (Å²) in [5, 5.41) is 18.3. The molecule has 0 spiro atoms. The second-order valence-electron chi connectivity index (χ2n) is 11.1. The summed E-state index contributed by atoms with van der Waals surface area (Å²) < 4.78 is 27.6. The zero-order valence-electron chi connectivity index (χ0n) is 21.8. The molecule has 0 atom stereocenters. The van der Waals surface area contributed by atoms with Crippen LogP contribution in [0.15, 0.2) is 58.2 Å². The van der Waals surface area contributed by atoms with Gasteiger partial charge < -0.3 is 15.3 Å². The largest absolute Gasteiger partial charge is 0.452 e. The number of carbonyl (C=O) groups is 2. The van der Waals surface area contributed by atoms with E-state index in [2.05, 4.69) is 26.4 Å². The van der Waals surface area contributed by atoms with Crippen molar-refractivity contribution in [1.29, 1.82) is 0 Å². The SMILES string of the molecule is Cc1c(-c2ccccc2)nc2ccc(Br)cc2c1C(=O)NC12CC[P+](C(=O)O)(CC1)C/C2=N\OC1CC(F)(F)C1. The van der Waals surface area contributed by atoms with Gasteiger partial charge in [-0.1, -0.05) is 51.4 Å². The molecule has 4 heterocycles. The van der Waals surface area contributed by atoms with E-state index in [1.54, 1.807) is 0 Å². The lowest BCUT2D eigenvalue weighted by molar-refractivity contribution is -0.165. The number of benzene rings is 2. The number of hydrogen-bond donors (Lipinski definition) is 2. The molecule has 1 saturated carbocycles. The van der Waals surface area contributed by atoms with Crippen LogP contribution in [0.2, 0.25) is 0 Å². The maximum Gasteiger partial charge on any atom is 0.448 e. The number of pyridine rings is 1. The number of rotatable bonds is 6. The quantitative estimate of drug-likeness (QED) is 0.223. The first kappa shape index (κ1) is 27.2. The van der Waals surface area contributed by atoms with Crippen LogP contribution in [0.3, 0.4) is 0 Å². The molecule has 2 aromatic carbocycles. The van der Waals surface area contributed by atoms with Gasteiger partial charge in [0.1, 0.15) is 25.2 Å². The topological polar surface area (TPSA) is 101 Å². The summed E-state index contributed by atoms with van der Waals surface area (Å²) in [7, 11) is -2.38. The van der Waals surface area contributed by atoms with Crippen molar-refractivity contribution >= 4 is 51.4 Å². The molecule has 4 aliphatic rings. The highest BCUT2D eigenvalue weighted by Gasteiger charge is 2.63.